The third-order valence-corrected chi connectivity index (χ3v) is 4.70. The van der Waals surface area contributed by atoms with Crippen molar-refractivity contribution in [3.63, 3.8) is 0 Å². The summed E-state index contributed by atoms with van der Waals surface area (Å²) >= 11 is 0. The first-order valence-corrected chi connectivity index (χ1v) is 10.7. The van der Waals surface area contributed by atoms with Crippen LogP contribution in [-0.2, 0) is 4.79 Å². The summed E-state index contributed by atoms with van der Waals surface area (Å²) in [6.07, 6.45) is 0. The molecule has 172 valence electrons. The van der Waals surface area contributed by atoms with Crippen molar-refractivity contribution in [2.45, 2.75) is 19.8 Å². The molecule has 0 radical (unpaired) electrons. The fourth-order valence-corrected chi connectivity index (χ4v) is 3.07. The Morgan fingerprint density at radius 2 is 1.36 bits per heavy atom. The minimum atomic E-state index is -0.495. The number of benzene rings is 3. The Labute approximate surface area is 193 Å². The third kappa shape index (κ3) is 7.28. The molecule has 0 atom stereocenters. The number of hydrogen-bond donors (Lipinski definition) is 2. The van der Waals surface area contributed by atoms with Crippen molar-refractivity contribution in [1.29, 1.82) is 0 Å². The minimum Gasteiger partial charge on any atom is -0.490 e. The number of nitrogens with one attached hydrogen (secondary N) is 2. The second-order valence-corrected chi connectivity index (χ2v) is 7.49. The summed E-state index contributed by atoms with van der Waals surface area (Å²) in [6.45, 7) is 4.46. The van der Waals surface area contributed by atoms with Crippen LogP contribution in [0.5, 0.6) is 17.2 Å². The van der Waals surface area contributed by atoms with Crippen LogP contribution in [0.25, 0.3) is 0 Å². The molecule has 2 N–H and O–H groups in total. The van der Waals surface area contributed by atoms with E-state index in [4.69, 9.17) is 14.2 Å². The van der Waals surface area contributed by atoms with Gasteiger partial charge in [-0.2, -0.15) is 0 Å². The van der Waals surface area contributed by atoms with Gasteiger partial charge in [-0.25, -0.2) is 0 Å². The van der Waals surface area contributed by atoms with Crippen LogP contribution in [0.3, 0.4) is 0 Å². The van der Waals surface area contributed by atoms with Gasteiger partial charge in [0.05, 0.1) is 5.56 Å². The van der Waals surface area contributed by atoms with E-state index in [1.54, 1.807) is 24.3 Å². The number of para-hydroxylation sites is 3. The highest BCUT2D eigenvalue weighted by Gasteiger charge is 2.14. The molecule has 0 aromatic heterocycles. The SMILES string of the molecule is CC(C)c1ccccc1OCC(=O)NNC(=O)c1ccccc1OCCOc1ccccc1. The molecule has 7 heteroatoms. The smallest absolute Gasteiger partial charge is 0.276 e. The van der Waals surface area contributed by atoms with Crippen molar-refractivity contribution in [2.24, 2.45) is 0 Å². The first-order chi connectivity index (χ1) is 16.0. The highest BCUT2D eigenvalue weighted by molar-refractivity contribution is 5.97. The molecule has 0 heterocycles. The normalized spacial score (nSPS) is 10.4. The van der Waals surface area contributed by atoms with Crippen LogP contribution in [0, 0.1) is 0 Å². The van der Waals surface area contributed by atoms with Crippen LogP contribution in [0.2, 0.25) is 0 Å². The van der Waals surface area contributed by atoms with Gasteiger partial charge in [0.2, 0.25) is 0 Å². The molecule has 0 aliphatic heterocycles. The Bertz CT molecular complexity index is 1050. The summed E-state index contributed by atoms with van der Waals surface area (Å²) in [5.41, 5.74) is 6.08. The van der Waals surface area contributed by atoms with Crippen LogP contribution < -0.4 is 25.1 Å². The molecule has 0 fully saturated rings. The Hall–Kier alpha value is -4.00. The molecule has 0 bridgehead atoms. The van der Waals surface area contributed by atoms with Gasteiger partial charge in [0.25, 0.3) is 11.8 Å². The Morgan fingerprint density at radius 1 is 0.727 bits per heavy atom. The number of hydrazine groups is 1. The quantitative estimate of drug-likeness (QED) is 0.360. The molecule has 7 nitrogen and oxygen atoms in total. The molecule has 0 aliphatic carbocycles. The Kier molecular flexibility index (Phi) is 8.71. The first-order valence-electron chi connectivity index (χ1n) is 10.7. The average molecular weight is 449 g/mol. The van der Waals surface area contributed by atoms with Gasteiger partial charge in [-0.1, -0.05) is 62.4 Å². The van der Waals surface area contributed by atoms with Gasteiger partial charge in [-0.3, -0.25) is 20.4 Å². The van der Waals surface area contributed by atoms with Gasteiger partial charge in [0.1, 0.15) is 30.5 Å². The average Bonchev–Trinajstić information content (AvgIpc) is 2.85. The van der Waals surface area contributed by atoms with Gasteiger partial charge >= 0.3 is 0 Å². The lowest BCUT2D eigenvalue weighted by atomic mass is 10.0. The monoisotopic (exact) mass is 448 g/mol. The number of ether oxygens (including phenoxy) is 3. The van der Waals surface area contributed by atoms with Crippen molar-refractivity contribution >= 4 is 11.8 Å². The highest BCUT2D eigenvalue weighted by Crippen LogP contribution is 2.25. The van der Waals surface area contributed by atoms with Crippen LogP contribution >= 0.6 is 0 Å². The summed E-state index contributed by atoms with van der Waals surface area (Å²) in [7, 11) is 0. The second kappa shape index (κ2) is 12.1. The van der Waals surface area contributed by atoms with Crippen molar-refractivity contribution in [3.05, 3.63) is 90.0 Å². The lowest BCUT2D eigenvalue weighted by Gasteiger charge is -2.14. The van der Waals surface area contributed by atoms with E-state index in [2.05, 4.69) is 24.7 Å². The zero-order valence-electron chi connectivity index (χ0n) is 18.7. The first kappa shape index (κ1) is 23.7. The van der Waals surface area contributed by atoms with Gasteiger partial charge in [0.15, 0.2) is 6.61 Å². The summed E-state index contributed by atoms with van der Waals surface area (Å²) in [5.74, 6) is 1.07. The summed E-state index contributed by atoms with van der Waals surface area (Å²) in [4.78, 5) is 24.7. The van der Waals surface area contributed by atoms with Gasteiger partial charge in [0, 0.05) is 0 Å². The Morgan fingerprint density at radius 3 is 2.12 bits per heavy atom. The lowest BCUT2D eigenvalue weighted by molar-refractivity contribution is -0.123. The van der Waals surface area contributed by atoms with Crippen LogP contribution in [0.15, 0.2) is 78.9 Å². The number of carbonyl (C=O) groups excluding carboxylic acids is 2. The van der Waals surface area contributed by atoms with E-state index in [0.717, 1.165) is 11.3 Å². The van der Waals surface area contributed by atoms with Crippen LogP contribution in [0.1, 0.15) is 35.7 Å². The third-order valence-electron chi connectivity index (χ3n) is 4.70. The standard InChI is InChI=1S/C26H28N2O5/c1-19(2)21-12-6-8-14-23(21)33-18-25(29)27-28-26(30)22-13-7-9-15-24(22)32-17-16-31-20-10-4-3-5-11-20/h3-15,19H,16-18H2,1-2H3,(H,27,29)(H,28,30). The zero-order valence-corrected chi connectivity index (χ0v) is 18.7. The highest BCUT2D eigenvalue weighted by atomic mass is 16.5. The topological polar surface area (TPSA) is 85.9 Å². The summed E-state index contributed by atoms with van der Waals surface area (Å²) < 4.78 is 16.9. The van der Waals surface area contributed by atoms with E-state index >= 15 is 0 Å². The molecule has 33 heavy (non-hydrogen) atoms. The van der Waals surface area contributed by atoms with E-state index in [1.807, 2.05) is 54.6 Å². The number of carbonyl (C=O) groups is 2. The molecular weight excluding hydrogens is 420 g/mol. The number of hydrogen-bond acceptors (Lipinski definition) is 5. The van der Waals surface area contributed by atoms with Crippen molar-refractivity contribution < 1.29 is 23.8 Å². The molecule has 0 unspecified atom stereocenters. The van der Waals surface area contributed by atoms with Crippen molar-refractivity contribution in [3.8, 4) is 17.2 Å². The summed E-state index contributed by atoms with van der Waals surface area (Å²) in [6, 6.07) is 23.7. The molecule has 0 aliphatic rings. The largest absolute Gasteiger partial charge is 0.490 e. The maximum Gasteiger partial charge on any atom is 0.276 e. The van der Waals surface area contributed by atoms with Crippen molar-refractivity contribution in [2.75, 3.05) is 19.8 Å². The number of rotatable bonds is 10. The van der Waals surface area contributed by atoms with Crippen LogP contribution in [0.4, 0.5) is 0 Å². The van der Waals surface area contributed by atoms with Crippen LogP contribution in [-0.4, -0.2) is 31.6 Å². The van der Waals surface area contributed by atoms with E-state index in [9.17, 15) is 9.59 Å². The fraction of sp³-hybridized carbons (Fsp3) is 0.231. The zero-order chi connectivity index (χ0) is 23.5. The molecule has 0 saturated carbocycles. The molecule has 0 saturated heterocycles. The predicted molar refractivity (Wildman–Crippen MR) is 126 cm³/mol. The van der Waals surface area contributed by atoms with E-state index in [0.29, 0.717) is 23.7 Å². The summed E-state index contributed by atoms with van der Waals surface area (Å²) in [5, 5.41) is 0. The maximum atomic E-state index is 12.6. The van der Waals surface area contributed by atoms with Gasteiger partial charge in [-0.15, -0.1) is 0 Å². The molecule has 3 rings (SSSR count). The fourth-order valence-electron chi connectivity index (χ4n) is 3.07. The molecule has 2 amide bonds. The van der Waals surface area contributed by atoms with Gasteiger partial charge in [-0.05, 0) is 41.8 Å². The molecule has 3 aromatic carbocycles. The van der Waals surface area contributed by atoms with E-state index in [-0.39, 0.29) is 19.1 Å². The number of amides is 2. The van der Waals surface area contributed by atoms with E-state index in [1.165, 1.54) is 0 Å². The van der Waals surface area contributed by atoms with Crippen molar-refractivity contribution in [1.82, 2.24) is 10.9 Å². The molecule has 0 spiro atoms. The molecular formula is C26H28N2O5. The maximum absolute atomic E-state index is 12.6. The molecule has 3 aromatic rings. The van der Waals surface area contributed by atoms with Gasteiger partial charge < -0.3 is 14.2 Å². The lowest BCUT2D eigenvalue weighted by Crippen LogP contribution is -2.44. The minimum absolute atomic E-state index is 0.223. The predicted octanol–water partition coefficient (Wildman–Crippen LogP) is 4.11. The van der Waals surface area contributed by atoms with E-state index < -0.39 is 11.8 Å². The Balaban J connectivity index is 1.46. The second-order valence-electron chi connectivity index (χ2n) is 7.49.